The van der Waals surface area contributed by atoms with E-state index in [1.54, 1.807) is 0 Å². The van der Waals surface area contributed by atoms with E-state index in [9.17, 15) is 0 Å². The monoisotopic (exact) mass is 673 g/mol. The highest BCUT2D eigenvalue weighted by molar-refractivity contribution is 6.62. The van der Waals surface area contributed by atoms with E-state index in [1.807, 2.05) is 0 Å². The van der Waals surface area contributed by atoms with E-state index >= 15 is 0 Å². The number of rotatable bonds is 6. The van der Waals surface area contributed by atoms with Crippen LogP contribution in [0.5, 0.6) is 0 Å². The fourth-order valence-electron chi connectivity index (χ4n) is 7.53. The van der Waals surface area contributed by atoms with Crippen LogP contribution in [0.15, 0.2) is 170 Å². The summed E-state index contributed by atoms with van der Waals surface area (Å²) in [5, 5.41) is 2.34. The summed E-state index contributed by atoms with van der Waals surface area (Å²) in [4.78, 5) is 0. The lowest BCUT2D eigenvalue weighted by molar-refractivity contribution is 0.00578. The number of hydrogen-bond donors (Lipinski definition) is 0. The molecule has 0 radical (unpaired) electrons. The predicted octanol–water partition coefficient (Wildman–Crippen LogP) is 11.8. The van der Waals surface area contributed by atoms with Crippen molar-refractivity contribution < 1.29 is 9.31 Å². The van der Waals surface area contributed by atoms with E-state index in [-0.39, 0.29) is 0 Å². The second kappa shape index (κ2) is 12.5. The van der Waals surface area contributed by atoms with Crippen molar-refractivity contribution in [3.8, 4) is 50.2 Å². The van der Waals surface area contributed by atoms with Crippen LogP contribution in [-0.2, 0) is 9.31 Å². The average molecular weight is 674 g/mol. The molecule has 0 atom stereocenters. The molecule has 0 saturated carbocycles. The van der Waals surface area contributed by atoms with Crippen LogP contribution in [0.1, 0.15) is 27.7 Å². The minimum Gasteiger partial charge on any atom is -0.399 e. The first-order chi connectivity index (χ1) is 25.3. The van der Waals surface area contributed by atoms with Gasteiger partial charge in [0.05, 0.1) is 22.2 Å². The first-order valence-electron chi connectivity index (χ1n) is 18.1. The van der Waals surface area contributed by atoms with Gasteiger partial charge in [0, 0.05) is 22.0 Å². The summed E-state index contributed by atoms with van der Waals surface area (Å²) in [5.41, 5.74) is 12.9. The van der Waals surface area contributed by atoms with E-state index in [2.05, 4.69) is 202 Å². The van der Waals surface area contributed by atoms with Crippen molar-refractivity contribution in [2.45, 2.75) is 38.9 Å². The Morgan fingerprint density at radius 1 is 0.423 bits per heavy atom. The highest BCUT2D eigenvalue weighted by atomic mass is 16.7. The third-order valence-corrected chi connectivity index (χ3v) is 11.0. The summed E-state index contributed by atoms with van der Waals surface area (Å²) < 4.78 is 15.6. The molecule has 0 N–H and O–H groups in total. The van der Waals surface area contributed by atoms with Gasteiger partial charge in [0.15, 0.2) is 0 Å². The summed E-state index contributed by atoms with van der Waals surface area (Å²) in [7, 11) is -0.468. The van der Waals surface area contributed by atoms with Crippen molar-refractivity contribution >= 4 is 34.4 Å². The zero-order valence-electron chi connectivity index (χ0n) is 30.0. The van der Waals surface area contributed by atoms with Gasteiger partial charge in [0.25, 0.3) is 0 Å². The maximum absolute atomic E-state index is 6.59. The zero-order chi connectivity index (χ0) is 35.5. The van der Waals surface area contributed by atoms with Crippen molar-refractivity contribution in [1.82, 2.24) is 4.57 Å². The lowest BCUT2D eigenvalue weighted by Crippen LogP contribution is -2.41. The molecule has 1 aromatic heterocycles. The highest BCUT2D eigenvalue weighted by Crippen LogP contribution is 2.43. The number of fused-ring (bicyclic) bond motifs is 3. The number of benzene rings is 7. The van der Waals surface area contributed by atoms with E-state index in [1.165, 1.54) is 49.9 Å². The smallest absolute Gasteiger partial charge is 0.399 e. The van der Waals surface area contributed by atoms with Gasteiger partial charge in [-0.3, -0.25) is 0 Å². The molecule has 0 spiro atoms. The molecule has 0 bridgehead atoms. The van der Waals surface area contributed by atoms with Crippen LogP contribution in [0, 0.1) is 0 Å². The van der Waals surface area contributed by atoms with Crippen LogP contribution < -0.4 is 5.46 Å². The molecule has 8 aromatic rings. The van der Waals surface area contributed by atoms with Crippen LogP contribution in [-0.4, -0.2) is 22.9 Å². The van der Waals surface area contributed by atoms with E-state index < -0.39 is 18.3 Å². The van der Waals surface area contributed by atoms with Gasteiger partial charge in [0.1, 0.15) is 0 Å². The van der Waals surface area contributed by atoms with Crippen molar-refractivity contribution in [2.75, 3.05) is 0 Å². The van der Waals surface area contributed by atoms with Crippen LogP contribution >= 0.6 is 0 Å². The molecule has 3 nitrogen and oxygen atoms in total. The molecule has 0 amide bonds. The molecule has 1 fully saturated rings. The maximum Gasteiger partial charge on any atom is 0.494 e. The Balaban J connectivity index is 1.38. The second-order valence-corrected chi connectivity index (χ2v) is 14.9. The normalized spacial score (nSPS) is 15.0. The summed E-state index contributed by atoms with van der Waals surface area (Å²) in [5.74, 6) is 0. The fourth-order valence-corrected chi connectivity index (χ4v) is 7.53. The van der Waals surface area contributed by atoms with Crippen LogP contribution in [0.25, 0.3) is 72.0 Å². The summed E-state index contributed by atoms with van der Waals surface area (Å²) in [6.45, 7) is 8.44. The van der Waals surface area contributed by atoms with Crippen LogP contribution in [0.2, 0.25) is 0 Å². The molecule has 252 valence electrons. The Labute approximate surface area is 306 Å². The van der Waals surface area contributed by atoms with Crippen molar-refractivity contribution in [1.29, 1.82) is 0 Å². The van der Waals surface area contributed by atoms with Gasteiger partial charge in [-0.2, -0.15) is 0 Å². The molecule has 0 unspecified atom stereocenters. The van der Waals surface area contributed by atoms with E-state index in [0.29, 0.717) is 0 Å². The first-order valence-corrected chi connectivity index (χ1v) is 18.1. The Morgan fingerprint density at radius 3 is 1.38 bits per heavy atom. The number of hydrogen-bond acceptors (Lipinski definition) is 2. The summed E-state index contributed by atoms with van der Waals surface area (Å²) in [6, 6.07) is 61.3. The number of nitrogens with zero attached hydrogens (tertiary/aromatic N) is 1. The molecule has 7 aromatic carbocycles. The molecule has 52 heavy (non-hydrogen) atoms. The average Bonchev–Trinajstić information content (AvgIpc) is 3.63. The Bertz CT molecular complexity index is 2480. The highest BCUT2D eigenvalue weighted by Gasteiger charge is 2.51. The van der Waals surface area contributed by atoms with Crippen molar-refractivity contribution in [2.24, 2.45) is 0 Å². The molecular weight excluding hydrogens is 633 g/mol. The van der Waals surface area contributed by atoms with Crippen LogP contribution in [0.3, 0.4) is 0 Å². The Kier molecular flexibility index (Phi) is 7.77. The molecular formula is C48H40BNO2. The van der Waals surface area contributed by atoms with Gasteiger partial charge in [-0.15, -0.1) is 0 Å². The standard InChI is InChI=1S/C48H40BNO2/c1-47(2)48(3,4)52-49(51-47)40-25-26-45-43(32-40)44-31-39(35-21-13-7-14-22-35)30-42(36-23-15-8-16-24-36)46(44)50(45)41-28-37(33-17-9-5-10-18-33)27-38(29-41)34-19-11-6-12-20-34/h5-32H,1-4H3. The van der Waals surface area contributed by atoms with Gasteiger partial charge in [-0.25, -0.2) is 0 Å². The first kappa shape index (κ1) is 32.2. The minimum atomic E-state index is -0.468. The predicted molar refractivity (Wildman–Crippen MR) is 218 cm³/mol. The summed E-state index contributed by atoms with van der Waals surface area (Å²) in [6.07, 6.45) is 0. The SMILES string of the molecule is CC1(C)OB(c2ccc3c(c2)c2cc(-c4ccccc4)cc(-c4ccccc4)c2n3-c2cc(-c3ccccc3)cc(-c3ccccc3)c2)OC1(C)C. The van der Waals surface area contributed by atoms with Gasteiger partial charge in [-0.1, -0.05) is 133 Å². The molecule has 4 heteroatoms. The largest absolute Gasteiger partial charge is 0.494 e. The van der Waals surface area contributed by atoms with Gasteiger partial charge < -0.3 is 13.9 Å². The topological polar surface area (TPSA) is 23.4 Å². The fraction of sp³-hybridized carbons (Fsp3) is 0.125. The van der Waals surface area contributed by atoms with Gasteiger partial charge >= 0.3 is 7.12 Å². The van der Waals surface area contributed by atoms with E-state index in [4.69, 9.17) is 9.31 Å². The molecule has 2 heterocycles. The quantitative estimate of drug-likeness (QED) is 0.164. The van der Waals surface area contributed by atoms with Crippen LogP contribution in [0.4, 0.5) is 0 Å². The molecule has 0 aliphatic carbocycles. The van der Waals surface area contributed by atoms with Gasteiger partial charge in [0.2, 0.25) is 0 Å². The second-order valence-electron chi connectivity index (χ2n) is 14.9. The lowest BCUT2D eigenvalue weighted by Gasteiger charge is -2.32. The molecule has 9 rings (SSSR count). The zero-order valence-corrected chi connectivity index (χ0v) is 30.0. The molecule has 1 aliphatic heterocycles. The Morgan fingerprint density at radius 2 is 0.885 bits per heavy atom. The summed E-state index contributed by atoms with van der Waals surface area (Å²) >= 11 is 0. The lowest BCUT2D eigenvalue weighted by atomic mass is 9.78. The number of aromatic nitrogens is 1. The minimum absolute atomic E-state index is 0.437. The maximum atomic E-state index is 6.59. The van der Waals surface area contributed by atoms with Gasteiger partial charge in [-0.05, 0) is 109 Å². The third kappa shape index (κ3) is 5.56. The third-order valence-electron chi connectivity index (χ3n) is 11.0. The Hall–Kier alpha value is -5.68. The molecule has 1 saturated heterocycles. The van der Waals surface area contributed by atoms with Crippen molar-refractivity contribution in [3.05, 3.63) is 170 Å². The van der Waals surface area contributed by atoms with E-state index in [0.717, 1.165) is 27.6 Å². The van der Waals surface area contributed by atoms with Crippen molar-refractivity contribution in [3.63, 3.8) is 0 Å². The molecule has 1 aliphatic rings.